The first-order valence-electron chi connectivity index (χ1n) is 8.09. The second kappa shape index (κ2) is 7.92. The molecule has 2 atom stereocenters. The number of carbonyl (C=O) groups excluding carboxylic acids is 1. The van der Waals surface area contributed by atoms with Crippen LogP contribution in [0.3, 0.4) is 0 Å². The number of benzene rings is 2. The van der Waals surface area contributed by atoms with Crippen molar-refractivity contribution in [2.75, 3.05) is 25.0 Å². The van der Waals surface area contributed by atoms with E-state index < -0.39 is 0 Å². The maximum absolute atomic E-state index is 12.4. The van der Waals surface area contributed by atoms with Crippen LogP contribution >= 0.6 is 15.9 Å². The lowest BCUT2D eigenvalue weighted by atomic mass is 10.1. The topological polar surface area (TPSA) is 41.6 Å². The summed E-state index contributed by atoms with van der Waals surface area (Å²) in [5, 5.41) is 2.96. The van der Waals surface area contributed by atoms with Crippen LogP contribution in [-0.2, 0) is 9.53 Å². The highest BCUT2D eigenvalue weighted by Crippen LogP contribution is 2.25. The van der Waals surface area contributed by atoms with Gasteiger partial charge in [0.25, 0.3) is 0 Å². The number of hydrogen-bond donors (Lipinski definition) is 1. The number of hydrogen-bond acceptors (Lipinski definition) is 3. The molecule has 5 heteroatoms. The summed E-state index contributed by atoms with van der Waals surface area (Å²) < 4.78 is 6.93. The van der Waals surface area contributed by atoms with E-state index in [-0.39, 0.29) is 18.1 Å². The first-order chi connectivity index (χ1) is 11.6. The summed E-state index contributed by atoms with van der Waals surface area (Å²) in [6.07, 6.45) is 0.103. The molecule has 0 saturated carbocycles. The fourth-order valence-corrected chi connectivity index (χ4v) is 3.36. The van der Waals surface area contributed by atoms with E-state index >= 15 is 0 Å². The Bertz CT molecular complexity index is 693. The molecule has 0 aliphatic carbocycles. The summed E-state index contributed by atoms with van der Waals surface area (Å²) in [7, 11) is 0. The molecule has 2 aromatic carbocycles. The van der Waals surface area contributed by atoms with Crippen LogP contribution in [0.1, 0.15) is 18.6 Å². The number of halogens is 1. The molecule has 1 N–H and O–H groups in total. The van der Waals surface area contributed by atoms with Gasteiger partial charge < -0.3 is 10.1 Å². The molecule has 126 valence electrons. The third-order valence-corrected chi connectivity index (χ3v) is 4.71. The Morgan fingerprint density at radius 3 is 2.62 bits per heavy atom. The van der Waals surface area contributed by atoms with Crippen LogP contribution in [0.5, 0.6) is 0 Å². The van der Waals surface area contributed by atoms with Gasteiger partial charge in [-0.25, -0.2) is 0 Å². The molecule has 1 aliphatic rings. The van der Waals surface area contributed by atoms with E-state index in [2.05, 4.69) is 38.3 Å². The Labute approximate surface area is 150 Å². The maximum Gasteiger partial charge on any atom is 0.238 e. The Kier molecular flexibility index (Phi) is 5.66. The first kappa shape index (κ1) is 17.1. The summed E-state index contributed by atoms with van der Waals surface area (Å²) >= 11 is 3.45. The summed E-state index contributed by atoms with van der Waals surface area (Å²) in [6.45, 7) is 3.89. The highest BCUT2D eigenvalue weighted by molar-refractivity contribution is 9.10. The molecule has 3 rings (SSSR count). The third kappa shape index (κ3) is 4.44. The van der Waals surface area contributed by atoms with Crippen molar-refractivity contribution in [3.8, 4) is 0 Å². The minimum atomic E-state index is -0.0113. The number of anilines is 1. The standard InChI is InChI=1S/C19H21BrN2O2/c1-14-11-22(12-18(24-14)15-7-3-2-4-8-15)13-19(23)21-17-10-6-5-9-16(17)20/h2-10,14,18H,11-13H2,1H3,(H,21,23). The molecular formula is C19H21BrN2O2. The Balaban J connectivity index is 1.62. The number of para-hydroxylation sites is 1. The van der Waals surface area contributed by atoms with Crippen LogP contribution in [-0.4, -0.2) is 36.5 Å². The number of rotatable bonds is 4. The minimum Gasteiger partial charge on any atom is -0.368 e. The van der Waals surface area contributed by atoms with E-state index in [4.69, 9.17) is 4.74 Å². The number of amides is 1. The molecule has 2 aromatic rings. The Morgan fingerprint density at radius 1 is 1.17 bits per heavy atom. The van der Waals surface area contributed by atoms with E-state index in [1.165, 1.54) is 0 Å². The van der Waals surface area contributed by atoms with E-state index in [9.17, 15) is 4.79 Å². The van der Waals surface area contributed by atoms with Gasteiger partial charge in [-0.2, -0.15) is 0 Å². The lowest BCUT2D eigenvalue weighted by Crippen LogP contribution is -2.46. The third-order valence-electron chi connectivity index (χ3n) is 4.02. The molecular weight excluding hydrogens is 368 g/mol. The number of morpholine rings is 1. The lowest BCUT2D eigenvalue weighted by Gasteiger charge is -2.36. The molecule has 1 heterocycles. The van der Waals surface area contributed by atoms with Crippen molar-refractivity contribution >= 4 is 27.5 Å². The van der Waals surface area contributed by atoms with Gasteiger partial charge >= 0.3 is 0 Å². The highest BCUT2D eigenvalue weighted by atomic mass is 79.9. The largest absolute Gasteiger partial charge is 0.368 e. The van der Waals surface area contributed by atoms with Crippen molar-refractivity contribution < 1.29 is 9.53 Å². The van der Waals surface area contributed by atoms with E-state index in [0.717, 1.165) is 28.8 Å². The van der Waals surface area contributed by atoms with Gasteiger partial charge in [-0.15, -0.1) is 0 Å². The van der Waals surface area contributed by atoms with Crippen LogP contribution in [0.4, 0.5) is 5.69 Å². The van der Waals surface area contributed by atoms with E-state index in [0.29, 0.717) is 6.54 Å². The zero-order chi connectivity index (χ0) is 16.9. The number of carbonyl (C=O) groups is 1. The molecule has 0 radical (unpaired) electrons. The van der Waals surface area contributed by atoms with Crippen molar-refractivity contribution in [1.29, 1.82) is 0 Å². The number of ether oxygens (including phenoxy) is 1. The quantitative estimate of drug-likeness (QED) is 0.864. The summed E-state index contributed by atoms with van der Waals surface area (Å²) in [6, 6.07) is 17.8. The second-order valence-corrected chi connectivity index (χ2v) is 6.92. The van der Waals surface area contributed by atoms with Crippen LogP contribution in [0.15, 0.2) is 59.1 Å². The fraction of sp³-hybridized carbons (Fsp3) is 0.316. The predicted molar refractivity (Wildman–Crippen MR) is 98.9 cm³/mol. The average molecular weight is 389 g/mol. The molecule has 0 spiro atoms. The van der Waals surface area contributed by atoms with Gasteiger partial charge in [-0.3, -0.25) is 9.69 Å². The van der Waals surface area contributed by atoms with Gasteiger partial charge in [-0.1, -0.05) is 42.5 Å². The normalized spacial score (nSPS) is 21.4. The Morgan fingerprint density at radius 2 is 1.88 bits per heavy atom. The molecule has 4 nitrogen and oxygen atoms in total. The fourth-order valence-electron chi connectivity index (χ4n) is 2.98. The Hall–Kier alpha value is -1.69. The molecule has 1 aliphatic heterocycles. The van der Waals surface area contributed by atoms with Gasteiger partial charge in [0.05, 0.1) is 24.4 Å². The highest BCUT2D eigenvalue weighted by Gasteiger charge is 2.27. The van der Waals surface area contributed by atoms with Gasteiger partial charge in [-0.05, 0) is 40.5 Å². The second-order valence-electron chi connectivity index (χ2n) is 6.07. The van der Waals surface area contributed by atoms with Crippen molar-refractivity contribution in [1.82, 2.24) is 4.90 Å². The van der Waals surface area contributed by atoms with Crippen molar-refractivity contribution in [2.24, 2.45) is 0 Å². The molecule has 24 heavy (non-hydrogen) atoms. The molecule has 1 saturated heterocycles. The van der Waals surface area contributed by atoms with Crippen molar-refractivity contribution in [3.05, 3.63) is 64.6 Å². The van der Waals surface area contributed by atoms with Crippen LogP contribution in [0, 0.1) is 0 Å². The van der Waals surface area contributed by atoms with Crippen LogP contribution < -0.4 is 5.32 Å². The summed E-state index contributed by atoms with van der Waals surface area (Å²) in [4.78, 5) is 14.5. The van der Waals surface area contributed by atoms with Crippen LogP contribution in [0.2, 0.25) is 0 Å². The smallest absolute Gasteiger partial charge is 0.238 e. The van der Waals surface area contributed by atoms with Gasteiger partial charge in [0.2, 0.25) is 5.91 Å². The van der Waals surface area contributed by atoms with Crippen LogP contribution in [0.25, 0.3) is 0 Å². The number of nitrogens with one attached hydrogen (secondary N) is 1. The van der Waals surface area contributed by atoms with Gasteiger partial charge in [0.1, 0.15) is 0 Å². The summed E-state index contributed by atoms with van der Waals surface area (Å²) in [5.74, 6) is -0.0113. The molecule has 1 amide bonds. The first-order valence-corrected chi connectivity index (χ1v) is 8.88. The molecule has 0 aromatic heterocycles. The summed E-state index contributed by atoms with van der Waals surface area (Å²) in [5.41, 5.74) is 1.95. The monoisotopic (exact) mass is 388 g/mol. The SMILES string of the molecule is CC1CN(CC(=O)Nc2ccccc2Br)CC(c2ccccc2)O1. The van der Waals surface area contributed by atoms with E-state index in [1.807, 2.05) is 49.4 Å². The molecule has 0 bridgehead atoms. The predicted octanol–water partition coefficient (Wildman–Crippen LogP) is 3.85. The zero-order valence-corrected chi connectivity index (χ0v) is 15.2. The van der Waals surface area contributed by atoms with E-state index in [1.54, 1.807) is 0 Å². The maximum atomic E-state index is 12.4. The van der Waals surface area contributed by atoms with Crippen molar-refractivity contribution in [3.63, 3.8) is 0 Å². The van der Waals surface area contributed by atoms with Gasteiger partial charge in [0, 0.05) is 17.6 Å². The average Bonchev–Trinajstić information content (AvgIpc) is 2.57. The minimum absolute atomic E-state index is 0.00575. The van der Waals surface area contributed by atoms with Crippen molar-refractivity contribution in [2.45, 2.75) is 19.1 Å². The lowest BCUT2D eigenvalue weighted by molar-refractivity contribution is -0.122. The molecule has 2 unspecified atom stereocenters. The molecule has 1 fully saturated rings. The number of nitrogens with zero attached hydrogens (tertiary/aromatic N) is 1. The van der Waals surface area contributed by atoms with Gasteiger partial charge in [0.15, 0.2) is 0 Å². The zero-order valence-electron chi connectivity index (χ0n) is 13.6.